The van der Waals surface area contributed by atoms with Gasteiger partial charge in [-0.05, 0) is 35.2 Å². The largest absolute Gasteiger partial charge is 0.484 e. The lowest BCUT2D eigenvalue weighted by Crippen LogP contribution is -2.51. The molecule has 1 heterocycles. The molecular formula is C23H29NO6S. The Morgan fingerprint density at radius 1 is 1.00 bits per heavy atom. The van der Waals surface area contributed by atoms with E-state index >= 15 is 0 Å². The highest BCUT2D eigenvalue weighted by atomic mass is 32.2. The molecule has 1 aliphatic rings. The number of hydrogen-bond acceptors (Lipinski definition) is 7. The highest BCUT2D eigenvalue weighted by Crippen LogP contribution is 2.43. The molecule has 0 bridgehead atoms. The van der Waals surface area contributed by atoms with Crippen molar-refractivity contribution in [3.8, 4) is 5.75 Å². The van der Waals surface area contributed by atoms with Gasteiger partial charge in [0.25, 0.3) is 5.91 Å². The third-order valence-corrected chi connectivity index (χ3v) is 6.99. The van der Waals surface area contributed by atoms with Crippen LogP contribution in [0.4, 0.5) is 0 Å². The number of aliphatic hydroxyl groups excluding tert-OH is 4. The topological polar surface area (TPSA) is 110 Å². The summed E-state index contributed by atoms with van der Waals surface area (Å²) in [6, 6.07) is 15.3. The first-order valence-electron chi connectivity index (χ1n) is 10.1. The number of benzene rings is 2. The number of rotatable bonds is 7. The molecular weight excluding hydrogens is 418 g/mol. The van der Waals surface area contributed by atoms with E-state index in [4.69, 9.17) is 4.74 Å². The van der Waals surface area contributed by atoms with Crippen LogP contribution in [0.1, 0.15) is 21.9 Å². The van der Waals surface area contributed by atoms with Crippen LogP contribution in [0.2, 0.25) is 0 Å². The van der Waals surface area contributed by atoms with E-state index in [-0.39, 0.29) is 19.1 Å². The predicted molar refractivity (Wildman–Crippen MR) is 119 cm³/mol. The van der Waals surface area contributed by atoms with E-state index < -0.39 is 28.8 Å². The van der Waals surface area contributed by atoms with E-state index in [0.717, 1.165) is 16.7 Å². The second-order valence-electron chi connectivity index (χ2n) is 7.89. The van der Waals surface area contributed by atoms with Crippen molar-refractivity contribution in [2.24, 2.45) is 0 Å². The Morgan fingerprint density at radius 3 is 2.35 bits per heavy atom. The zero-order valence-corrected chi connectivity index (χ0v) is 18.4. The summed E-state index contributed by atoms with van der Waals surface area (Å²) >= 11 is 1.27. The van der Waals surface area contributed by atoms with Gasteiger partial charge >= 0.3 is 0 Å². The van der Waals surface area contributed by atoms with Crippen molar-refractivity contribution in [1.29, 1.82) is 0 Å². The molecule has 1 aliphatic heterocycles. The molecule has 4 N–H and O–H groups in total. The number of aliphatic hydroxyl groups is 4. The summed E-state index contributed by atoms with van der Waals surface area (Å²) in [6.45, 7) is -0.286. The minimum absolute atomic E-state index is 0.00877. The first-order chi connectivity index (χ1) is 14.8. The Kier molecular flexibility index (Phi) is 7.96. The summed E-state index contributed by atoms with van der Waals surface area (Å²) in [4.78, 5) is 13.1. The zero-order chi connectivity index (χ0) is 22.5. The maximum Gasteiger partial charge on any atom is 0.259 e. The van der Waals surface area contributed by atoms with Gasteiger partial charge in [-0.15, -0.1) is 11.8 Å². The Bertz CT molecular complexity index is 873. The second-order valence-corrected chi connectivity index (χ2v) is 9.28. The minimum atomic E-state index is -1.31. The van der Waals surface area contributed by atoms with Gasteiger partial charge in [0, 0.05) is 14.1 Å². The average Bonchev–Trinajstić information content (AvgIpc) is 2.77. The highest BCUT2D eigenvalue weighted by Gasteiger charge is 2.43. The molecule has 2 aromatic rings. The van der Waals surface area contributed by atoms with Gasteiger partial charge in [0.2, 0.25) is 0 Å². The number of likely N-dealkylation sites (N-methyl/N-ethyl adjacent to an activating group) is 1. The molecule has 0 aromatic heterocycles. The molecule has 168 valence electrons. The second kappa shape index (κ2) is 10.5. The molecule has 8 heteroatoms. The van der Waals surface area contributed by atoms with Crippen molar-refractivity contribution in [3.63, 3.8) is 0 Å². The van der Waals surface area contributed by atoms with Crippen molar-refractivity contribution in [2.75, 3.05) is 27.3 Å². The van der Waals surface area contributed by atoms with Gasteiger partial charge < -0.3 is 30.1 Å². The number of carbonyl (C=O) groups is 1. The van der Waals surface area contributed by atoms with E-state index in [2.05, 4.69) is 0 Å². The SMILES string of the molecule is CN(C)C(=O)COc1ccc(Cc2cccc([C@@H]3S[C@H](CO)[C@@H](O)[C@H](O)[C@H]3O)c2)cc1. The van der Waals surface area contributed by atoms with E-state index in [1.807, 2.05) is 48.5 Å². The summed E-state index contributed by atoms with van der Waals surface area (Å²) in [6.07, 6.45) is -2.94. The van der Waals surface area contributed by atoms with Crippen LogP contribution in [-0.4, -0.2) is 82.1 Å². The number of hydrogen-bond donors (Lipinski definition) is 4. The first-order valence-corrected chi connectivity index (χ1v) is 11.1. The van der Waals surface area contributed by atoms with Gasteiger partial charge in [-0.3, -0.25) is 4.79 Å². The van der Waals surface area contributed by atoms with E-state index in [1.165, 1.54) is 16.7 Å². The van der Waals surface area contributed by atoms with Crippen LogP contribution in [0.15, 0.2) is 48.5 Å². The van der Waals surface area contributed by atoms with Crippen LogP contribution in [0.25, 0.3) is 0 Å². The molecule has 3 rings (SSSR count). The lowest BCUT2D eigenvalue weighted by atomic mass is 9.95. The Balaban J connectivity index is 1.67. The Labute approximate surface area is 186 Å². The third kappa shape index (κ3) is 5.78. The van der Waals surface area contributed by atoms with Crippen molar-refractivity contribution < 1.29 is 30.0 Å². The summed E-state index contributed by atoms with van der Waals surface area (Å²) in [5.41, 5.74) is 2.92. The summed E-state index contributed by atoms with van der Waals surface area (Å²) in [7, 11) is 3.36. The van der Waals surface area contributed by atoms with Gasteiger partial charge in [-0.2, -0.15) is 0 Å². The number of thioether (sulfide) groups is 1. The molecule has 1 amide bonds. The van der Waals surface area contributed by atoms with E-state index in [1.54, 1.807) is 14.1 Å². The molecule has 2 aromatic carbocycles. The molecule has 31 heavy (non-hydrogen) atoms. The number of ether oxygens (including phenoxy) is 1. The van der Waals surface area contributed by atoms with Gasteiger partial charge in [-0.25, -0.2) is 0 Å². The fourth-order valence-corrected chi connectivity index (χ4v) is 4.88. The van der Waals surface area contributed by atoms with Crippen molar-refractivity contribution >= 4 is 17.7 Å². The number of carbonyl (C=O) groups excluding carboxylic acids is 1. The van der Waals surface area contributed by atoms with Crippen molar-refractivity contribution in [1.82, 2.24) is 4.90 Å². The fraction of sp³-hybridized carbons (Fsp3) is 0.435. The molecule has 0 saturated carbocycles. The maximum absolute atomic E-state index is 11.6. The standard InChI is InChI=1S/C23H29NO6S/c1-24(2)19(26)13-30-17-8-6-14(7-9-17)10-15-4-3-5-16(11-15)23-22(29)21(28)20(27)18(12-25)31-23/h3-9,11,18,20-23,25,27-29H,10,12-13H2,1-2H3/t18-,20-,21+,22-,23+/m1/s1. The first kappa shape index (κ1) is 23.6. The average molecular weight is 448 g/mol. The van der Waals surface area contributed by atoms with Gasteiger partial charge in [-0.1, -0.05) is 36.4 Å². The fourth-order valence-electron chi connectivity index (χ4n) is 3.47. The van der Waals surface area contributed by atoms with Crippen molar-refractivity contribution in [2.45, 2.75) is 35.2 Å². The van der Waals surface area contributed by atoms with Crippen LogP contribution >= 0.6 is 11.8 Å². The quantitative estimate of drug-likeness (QED) is 0.501. The van der Waals surface area contributed by atoms with Gasteiger partial charge in [0.15, 0.2) is 6.61 Å². The molecule has 1 fully saturated rings. The molecule has 7 nitrogen and oxygen atoms in total. The smallest absolute Gasteiger partial charge is 0.259 e. The third-order valence-electron chi connectivity index (χ3n) is 5.36. The van der Waals surface area contributed by atoms with Crippen molar-refractivity contribution in [3.05, 3.63) is 65.2 Å². The number of amides is 1. The van der Waals surface area contributed by atoms with E-state index in [0.29, 0.717) is 12.2 Å². The molecule has 1 saturated heterocycles. The summed E-state index contributed by atoms with van der Waals surface area (Å²) in [5, 5.41) is 39.1. The molecule has 0 spiro atoms. The molecule has 5 atom stereocenters. The van der Waals surface area contributed by atoms with Crippen LogP contribution < -0.4 is 4.74 Å². The predicted octanol–water partition coefficient (Wildman–Crippen LogP) is 0.976. The summed E-state index contributed by atoms with van der Waals surface area (Å²) < 4.78 is 5.50. The minimum Gasteiger partial charge on any atom is -0.484 e. The monoisotopic (exact) mass is 447 g/mol. The molecule has 0 aliphatic carbocycles. The maximum atomic E-state index is 11.6. The van der Waals surface area contributed by atoms with Gasteiger partial charge in [0.1, 0.15) is 11.9 Å². The van der Waals surface area contributed by atoms with Crippen LogP contribution in [0, 0.1) is 0 Å². The summed E-state index contributed by atoms with van der Waals surface area (Å²) in [5.74, 6) is 0.516. The van der Waals surface area contributed by atoms with Crippen LogP contribution in [0.3, 0.4) is 0 Å². The lowest BCUT2D eigenvalue weighted by Gasteiger charge is -2.39. The van der Waals surface area contributed by atoms with Crippen LogP contribution in [-0.2, 0) is 11.2 Å². The lowest BCUT2D eigenvalue weighted by molar-refractivity contribution is -0.130. The Morgan fingerprint density at radius 2 is 1.71 bits per heavy atom. The van der Waals surface area contributed by atoms with Gasteiger partial charge in [0.05, 0.1) is 29.3 Å². The molecule has 0 unspecified atom stereocenters. The Hall–Kier alpha value is -2.10. The van der Waals surface area contributed by atoms with E-state index in [9.17, 15) is 25.2 Å². The zero-order valence-electron chi connectivity index (χ0n) is 17.6. The van der Waals surface area contributed by atoms with Crippen LogP contribution in [0.5, 0.6) is 5.75 Å². The molecule has 0 radical (unpaired) electrons. The number of nitrogens with zero attached hydrogens (tertiary/aromatic N) is 1. The normalized spacial score (nSPS) is 25.8. The highest BCUT2D eigenvalue weighted by molar-refractivity contribution is 8.00.